The van der Waals surface area contributed by atoms with E-state index in [9.17, 15) is 0 Å². The third-order valence-corrected chi connectivity index (χ3v) is 1.55. The monoisotopic (exact) mass is 110 g/mol. The number of hydrogen-bond donors (Lipinski definition) is 0. The van der Waals surface area contributed by atoms with Crippen molar-refractivity contribution in [2.24, 2.45) is 0 Å². The summed E-state index contributed by atoms with van der Waals surface area (Å²) in [5.41, 5.74) is 1.30. The summed E-state index contributed by atoms with van der Waals surface area (Å²) in [5.74, 6) is 0. The summed E-state index contributed by atoms with van der Waals surface area (Å²) < 4.78 is 0. The summed E-state index contributed by atoms with van der Waals surface area (Å²) in [6.45, 7) is 0. The Morgan fingerprint density at radius 3 is 2.75 bits per heavy atom. The highest BCUT2D eigenvalue weighted by atomic mass is 14.8. The SMILES string of the molecule is C[N]C1=CCCCC1. The maximum Gasteiger partial charge on any atom is 0.0305 e. The topological polar surface area (TPSA) is 14.1 Å². The first-order valence-electron chi connectivity index (χ1n) is 3.22. The Kier molecular flexibility index (Phi) is 1.95. The van der Waals surface area contributed by atoms with Crippen molar-refractivity contribution >= 4 is 0 Å². The van der Waals surface area contributed by atoms with Gasteiger partial charge in [-0.05, 0) is 25.7 Å². The van der Waals surface area contributed by atoms with Crippen LogP contribution in [0.1, 0.15) is 25.7 Å². The fraction of sp³-hybridized carbons (Fsp3) is 0.714. The molecule has 0 amide bonds. The molecule has 8 heavy (non-hydrogen) atoms. The predicted molar refractivity (Wildman–Crippen MR) is 34.6 cm³/mol. The van der Waals surface area contributed by atoms with Crippen LogP contribution in [0.2, 0.25) is 0 Å². The van der Waals surface area contributed by atoms with Gasteiger partial charge in [0.1, 0.15) is 0 Å². The lowest BCUT2D eigenvalue weighted by Crippen LogP contribution is -2.00. The normalized spacial score (nSPS) is 19.9. The summed E-state index contributed by atoms with van der Waals surface area (Å²) in [6, 6.07) is 0. The molecule has 0 spiro atoms. The van der Waals surface area contributed by atoms with Crippen LogP contribution in [-0.2, 0) is 0 Å². The van der Waals surface area contributed by atoms with Gasteiger partial charge in [-0.3, -0.25) is 5.32 Å². The molecule has 1 rings (SSSR count). The molecular weight excluding hydrogens is 98.1 g/mol. The molecular formula is C7H12N. The minimum Gasteiger partial charge on any atom is -0.293 e. The maximum absolute atomic E-state index is 4.11. The average Bonchev–Trinajstić information content (AvgIpc) is 1.90. The van der Waals surface area contributed by atoms with E-state index in [1.165, 1.54) is 31.4 Å². The third-order valence-electron chi connectivity index (χ3n) is 1.55. The van der Waals surface area contributed by atoms with Crippen LogP contribution in [0.4, 0.5) is 0 Å². The minimum absolute atomic E-state index is 1.20. The van der Waals surface area contributed by atoms with Gasteiger partial charge in [0.25, 0.3) is 0 Å². The second-order valence-corrected chi connectivity index (χ2v) is 2.16. The number of nitrogens with zero attached hydrogens (tertiary/aromatic N) is 1. The summed E-state index contributed by atoms with van der Waals surface area (Å²) in [7, 11) is 1.87. The van der Waals surface area contributed by atoms with Crippen LogP contribution < -0.4 is 5.32 Å². The van der Waals surface area contributed by atoms with Crippen LogP contribution in [0.5, 0.6) is 0 Å². The van der Waals surface area contributed by atoms with Crippen LogP contribution >= 0.6 is 0 Å². The first-order valence-corrected chi connectivity index (χ1v) is 3.22. The van der Waals surface area contributed by atoms with Crippen LogP contribution in [0.15, 0.2) is 11.8 Å². The molecule has 0 bridgehead atoms. The van der Waals surface area contributed by atoms with Crippen LogP contribution in [-0.4, -0.2) is 7.05 Å². The fourth-order valence-corrected chi connectivity index (χ4v) is 1.02. The zero-order valence-corrected chi connectivity index (χ0v) is 5.35. The molecule has 0 atom stereocenters. The van der Waals surface area contributed by atoms with Gasteiger partial charge in [-0.2, -0.15) is 0 Å². The minimum atomic E-state index is 1.20. The highest BCUT2D eigenvalue weighted by Gasteiger charge is 1.99. The van der Waals surface area contributed by atoms with E-state index < -0.39 is 0 Å². The summed E-state index contributed by atoms with van der Waals surface area (Å²) in [6.07, 6.45) is 7.38. The molecule has 0 saturated heterocycles. The van der Waals surface area contributed by atoms with Gasteiger partial charge in [0.05, 0.1) is 0 Å². The van der Waals surface area contributed by atoms with E-state index in [4.69, 9.17) is 0 Å². The van der Waals surface area contributed by atoms with Crippen LogP contribution in [0.25, 0.3) is 0 Å². The van der Waals surface area contributed by atoms with Crippen molar-refractivity contribution in [2.75, 3.05) is 7.05 Å². The van der Waals surface area contributed by atoms with Crippen molar-refractivity contribution in [3.8, 4) is 0 Å². The number of hydrogen-bond acceptors (Lipinski definition) is 0. The predicted octanol–water partition coefficient (Wildman–Crippen LogP) is 1.68. The molecule has 0 aromatic carbocycles. The molecule has 1 heteroatoms. The molecule has 0 N–H and O–H groups in total. The third kappa shape index (κ3) is 1.25. The van der Waals surface area contributed by atoms with Crippen molar-refractivity contribution in [1.29, 1.82) is 0 Å². The van der Waals surface area contributed by atoms with Crippen molar-refractivity contribution < 1.29 is 0 Å². The fourth-order valence-electron chi connectivity index (χ4n) is 1.02. The van der Waals surface area contributed by atoms with E-state index in [2.05, 4.69) is 11.4 Å². The molecule has 0 saturated carbocycles. The molecule has 0 fully saturated rings. The van der Waals surface area contributed by atoms with Crippen molar-refractivity contribution in [2.45, 2.75) is 25.7 Å². The second kappa shape index (κ2) is 2.75. The first kappa shape index (κ1) is 5.67. The molecule has 0 aromatic rings. The van der Waals surface area contributed by atoms with Crippen LogP contribution in [0.3, 0.4) is 0 Å². The Morgan fingerprint density at radius 2 is 2.38 bits per heavy atom. The lowest BCUT2D eigenvalue weighted by molar-refractivity contribution is 0.663. The lowest BCUT2D eigenvalue weighted by Gasteiger charge is -2.08. The van der Waals surface area contributed by atoms with E-state index in [1.54, 1.807) is 0 Å². The molecule has 1 aliphatic rings. The van der Waals surface area contributed by atoms with Crippen molar-refractivity contribution in [3.05, 3.63) is 11.8 Å². The van der Waals surface area contributed by atoms with Gasteiger partial charge in [-0.25, -0.2) is 0 Å². The zero-order chi connectivity index (χ0) is 5.82. The highest BCUT2D eigenvalue weighted by Crippen LogP contribution is 2.14. The van der Waals surface area contributed by atoms with E-state index in [0.717, 1.165) is 0 Å². The Labute approximate surface area is 50.8 Å². The summed E-state index contributed by atoms with van der Waals surface area (Å²) in [4.78, 5) is 0. The molecule has 1 nitrogen and oxygen atoms in total. The average molecular weight is 110 g/mol. The second-order valence-electron chi connectivity index (χ2n) is 2.16. The van der Waals surface area contributed by atoms with E-state index in [0.29, 0.717) is 0 Å². The highest BCUT2D eigenvalue weighted by molar-refractivity contribution is 5.00. The molecule has 45 valence electrons. The first-order chi connectivity index (χ1) is 3.93. The van der Waals surface area contributed by atoms with E-state index in [1.807, 2.05) is 7.05 Å². The molecule has 0 unspecified atom stereocenters. The van der Waals surface area contributed by atoms with Gasteiger partial charge < -0.3 is 0 Å². The Hall–Kier alpha value is -0.460. The lowest BCUT2D eigenvalue weighted by atomic mass is 10.1. The smallest absolute Gasteiger partial charge is 0.0305 e. The van der Waals surface area contributed by atoms with Gasteiger partial charge in [-0.1, -0.05) is 6.08 Å². The maximum atomic E-state index is 4.11. The molecule has 1 aliphatic carbocycles. The van der Waals surface area contributed by atoms with Gasteiger partial charge in [0, 0.05) is 12.7 Å². The molecule has 0 aromatic heterocycles. The van der Waals surface area contributed by atoms with E-state index in [-0.39, 0.29) is 0 Å². The quantitative estimate of drug-likeness (QED) is 0.487. The Morgan fingerprint density at radius 1 is 1.50 bits per heavy atom. The summed E-state index contributed by atoms with van der Waals surface area (Å²) in [5, 5.41) is 4.11. The molecule has 0 heterocycles. The number of rotatable bonds is 1. The van der Waals surface area contributed by atoms with Crippen LogP contribution in [0, 0.1) is 0 Å². The largest absolute Gasteiger partial charge is 0.293 e. The van der Waals surface area contributed by atoms with Crippen molar-refractivity contribution in [3.63, 3.8) is 0 Å². The molecule has 1 radical (unpaired) electrons. The van der Waals surface area contributed by atoms with E-state index >= 15 is 0 Å². The summed E-state index contributed by atoms with van der Waals surface area (Å²) >= 11 is 0. The Balaban J connectivity index is 2.37. The van der Waals surface area contributed by atoms with Gasteiger partial charge in [0.15, 0.2) is 0 Å². The zero-order valence-electron chi connectivity index (χ0n) is 5.35. The molecule has 0 aliphatic heterocycles. The Bertz CT molecular complexity index is 94.6. The standard InChI is InChI=1S/C7H12N/c1-8-7-5-3-2-4-6-7/h5H,2-4,6H2,1H3. The number of allylic oxidation sites excluding steroid dienone is 2. The van der Waals surface area contributed by atoms with Crippen molar-refractivity contribution in [1.82, 2.24) is 5.32 Å². The van der Waals surface area contributed by atoms with Gasteiger partial charge >= 0.3 is 0 Å². The van der Waals surface area contributed by atoms with Gasteiger partial charge in [-0.15, -0.1) is 0 Å². The van der Waals surface area contributed by atoms with Gasteiger partial charge in [0.2, 0.25) is 0 Å².